The second-order valence-corrected chi connectivity index (χ2v) is 5.99. The molecule has 3 aromatic rings. The van der Waals surface area contributed by atoms with E-state index in [1.165, 1.54) is 0 Å². The second kappa shape index (κ2) is 6.05. The molecule has 2 aromatic heterocycles. The molecule has 118 valence electrons. The van der Waals surface area contributed by atoms with Crippen molar-refractivity contribution in [2.75, 3.05) is 5.32 Å². The Morgan fingerprint density at radius 2 is 1.96 bits per heavy atom. The Labute approximate surface area is 140 Å². The number of nitrogens with one attached hydrogen (secondary N) is 1. The smallest absolute Gasteiger partial charge is 0.274 e. The van der Waals surface area contributed by atoms with E-state index in [1.54, 1.807) is 22.7 Å². The average Bonchev–Trinajstić information content (AvgIpc) is 2.88. The van der Waals surface area contributed by atoms with E-state index in [2.05, 4.69) is 10.3 Å². The van der Waals surface area contributed by atoms with E-state index in [0.717, 1.165) is 22.5 Å². The van der Waals surface area contributed by atoms with Crippen LogP contribution in [0.5, 0.6) is 0 Å². The fourth-order valence-corrected chi connectivity index (χ4v) is 2.89. The van der Waals surface area contributed by atoms with Crippen molar-refractivity contribution in [3.05, 3.63) is 64.1 Å². The number of halogens is 1. The summed E-state index contributed by atoms with van der Waals surface area (Å²) in [6.45, 7) is 5.95. The Kier molecular flexibility index (Phi) is 4.09. The van der Waals surface area contributed by atoms with Crippen molar-refractivity contribution in [2.24, 2.45) is 0 Å². The highest BCUT2D eigenvalue weighted by Crippen LogP contribution is 2.22. The third-order valence-corrected chi connectivity index (χ3v) is 4.17. The number of rotatable bonds is 3. The van der Waals surface area contributed by atoms with E-state index in [0.29, 0.717) is 22.8 Å². The normalized spacial score (nSPS) is 11.0. The lowest BCUT2D eigenvalue weighted by Crippen LogP contribution is -2.17. The summed E-state index contributed by atoms with van der Waals surface area (Å²) in [5, 5.41) is 3.63. The van der Waals surface area contributed by atoms with Gasteiger partial charge in [-0.25, -0.2) is 4.98 Å². The van der Waals surface area contributed by atoms with Gasteiger partial charge in [0.05, 0.1) is 5.69 Å². The topological polar surface area (TPSA) is 46.4 Å². The largest absolute Gasteiger partial charge is 0.320 e. The molecule has 0 bridgehead atoms. The number of amides is 1. The Morgan fingerprint density at radius 1 is 1.26 bits per heavy atom. The van der Waals surface area contributed by atoms with Gasteiger partial charge in [0.2, 0.25) is 0 Å². The number of benzene rings is 1. The third-order valence-electron chi connectivity index (χ3n) is 3.93. The molecule has 1 N–H and O–H groups in total. The van der Waals surface area contributed by atoms with Gasteiger partial charge in [-0.15, -0.1) is 0 Å². The summed E-state index contributed by atoms with van der Waals surface area (Å²) in [4.78, 5) is 17.4. The molecule has 0 spiro atoms. The van der Waals surface area contributed by atoms with E-state index in [1.807, 2.05) is 39.0 Å². The van der Waals surface area contributed by atoms with Crippen LogP contribution < -0.4 is 5.32 Å². The van der Waals surface area contributed by atoms with Crippen molar-refractivity contribution in [3.63, 3.8) is 0 Å². The van der Waals surface area contributed by atoms with Crippen LogP contribution in [0.1, 0.15) is 34.2 Å². The Morgan fingerprint density at radius 3 is 2.61 bits per heavy atom. The maximum absolute atomic E-state index is 12.9. The number of carbonyl (C=O) groups is 1. The summed E-state index contributed by atoms with van der Waals surface area (Å²) in [7, 11) is 0. The number of carbonyl (C=O) groups excluding carboxylic acids is 1. The molecule has 4 nitrogen and oxygen atoms in total. The minimum atomic E-state index is -0.158. The zero-order valence-corrected chi connectivity index (χ0v) is 14.1. The maximum Gasteiger partial charge on any atom is 0.274 e. The lowest BCUT2D eigenvalue weighted by molar-refractivity contribution is 0.102. The molecule has 2 heterocycles. The lowest BCUT2D eigenvalue weighted by atomic mass is 10.1. The number of aryl methyl sites for hydroxylation is 3. The zero-order chi connectivity index (χ0) is 16.6. The molecule has 0 aliphatic heterocycles. The Hall–Kier alpha value is -2.33. The first-order valence-corrected chi connectivity index (χ1v) is 7.93. The van der Waals surface area contributed by atoms with Crippen LogP contribution in [0.3, 0.4) is 0 Å². The molecule has 0 atom stereocenters. The van der Waals surface area contributed by atoms with Crippen molar-refractivity contribution in [2.45, 2.75) is 27.2 Å². The van der Waals surface area contributed by atoms with Crippen molar-refractivity contribution in [1.82, 2.24) is 9.38 Å². The van der Waals surface area contributed by atoms with Crippen molar-refractivity contribution < 1.29 is 4.79 Å². The highest BCUT2D eigenvalue weighted by molar-refractivity contribution is 6.30. The number of hydrogen-bond donors (Lipinski definition) is 1. The van der Waals surface area contributed by atoms with Crippen LogP contribution >= 0.6 is 11.6 Å². The molecule has 23 heavy (non-hydrogen) atoms. The number of hydrogen-bond acceptors (Lipinski definition) is 2. The van der Waals surface area contributed by atoms with E-state index >= 15 is 0 Å². The van der Waals surface area contributed by atoms with Crippen LogP contribution in [-0.4, -0.2) is 15.3 Å². The molecular formula is C18H18ClN3O. The van der Waals surface area contributed by atoms with Gasteiger partial charge in [0, 0.05) is 23.0 Å². The second-order valence-electron chi connectivity index (χ2n) is 5.55. The van der Waals surface area contributed by atoms with E-state index in [-0.39, 0.29) is 5.91 Å². The third kappa shape index (κ3) is 2.82. The maximum atomic E-state index is 12.9. The van der Waals surface area contributed by atoms with Crippen LogP contribution in [-0.2, 0) is 6.42 Å². The Bertz CT molecular complexity index is 878. The predicted octanol–water partition coefficient (Wildman–Crippen LogP) is 4.42. The molecule has 0 aliphatic carbocycles. The fourth-order valence-electron chi connectivity index (χ4n) is 2.74. The van der Waals surface area contributed by atoms with Gasteiger partial charge in [-0.2, -0.15) is 0 Å². The minimum absolute atomic E-state index is 0.158. The zero-order valence-electron chi connectivity index (χ0n) is 13.4. The number of fused-ring (bicyclic) bond motifs is 1. The fraction of sp³-hybridized carbons (Fsp3) is 0.222. The van der Waals surface area contributed by atoms with Crippen molar-refractivity contribution >= 4 is 28.8 Å². The molecule has 0 unspecified atom stereocenters. The van der Waals surface area contributed by atoms with Gasteiger partial charge in [0.25, 0.3) is 5.91 Å². The molecule has 0 aliphatic rings. The highest BCUT2D eigenvalue weighted by atomic mass is 35.5. The first-order chi connectivity index (χ1) is 11.0. The molecule has 5 heteroatoms. The van der Waals surface area contributed by atoms with Gasteiger partial charge in [-0.1, -0.05) is 36.7 Å². The first-order valence-electron chi connectivity index (χ1n) is 7.55. The molecule has 3 rings (SSSR count). The monoisotopic (exact) mass is 327 g/mol. The average molecular weight is 328 g/mol. The van der Waals surface area contributed by atoms with Gasteiger partial charge in [0.15, 0.2) is 0 Å². The summed E-state index contributed by atoms with van der Waals surface area (Å²) in [6, 6.07) is 9.46. The van der Waals surface area contributed by atoms with Gasteiger partial charge in [0.1, 0.15) is 11.3 Å². The molecule has 0 saturated carbocycles. The van der Waals surface area contributed by atoms with E-state index in [9.17, 15) is 4.79 Å². The number of pyridine rings is 1. The van der Waals surface area contributed by atoms with E-state index < -0.39 is 0 Å². The number of anilines is 1. The first kappa shape index (κ1) is 15.6. The molecule has 0 saturated heterocycles. The summed E-state index contributed by atoms with van der Waals surface area (Å²) < 4.78 is 1.79. The number of aromatic nitrogens is 2. The summed E-state index contributed by atoms with van der Waals surface area (Å²) >= 11 is 6.02. The predicted molar refractivity (Wildman–Crippen MR) is 93.4 cm³/mol. The van der Waals surface area contributed by atoms with E-state index in [4.69, 9.17) is 11.6 Å². The lowest BCUT2D eigenvalue weighted by Gasteiger charge is -2.12. The minimum Gasteiger partial charge on any atom is -0.320 e. The van der Waals surface area contributed by atoms with Crippen molar-refractivity contribution in [3.8, 4) is 0 Å². The number of imidazole rings is 1. The number of nitrogens with zero attached hydrogens (tertiary/aromatic N) is 2. The summed E-state index contributed by atoms with van der Waals surface area (Å²) in [5.41, 5.74) is 4.92. The quantitative estimate of drug-likeness (QED) is 0.774. The molecule has 1 aromatic carbocycles. The van der Waals surface area contributed by atoms with Crippen LogP contribution in [0.2, 0.25) is 5.02 Å². The Balaban J connectivity index is 2.07. The number of para-hydroxylation sites is 1. The van der Waals surface area contributed by atoms with Gasteiger partial charge in [-0.3, -0.25) is 9.20 Å². The highest BCUT2D eigenvalue weighted by Gasteiger charge is 2.19. The van der Waals surface area contributed by atoms with Crippen LogP contribution in [0.25, 0.3) is 5.65 Å². The van der Waals surface area contributed by atoms with Gasteiger partial charge in [-0.05, 0) is 37.5 Å². The standard InChI is InChI=1S/C18H18ClN3O/c1-4-14-17(22-9-8-13(19)10-15(22)20-14)18(23)21-16-11(2)6-5-7-12(16)3/h5-10H,4H2,1-3H3,(H,21,23). The van der Waals surface area contributed by atoms with Gasteiger partial charge < -0.3 is 5.32 Å². The van der Waals surface area contributed by atoms with Crippen LogP contribution in [0, 0.1) is 13.8 Å². The molecule has 0 radical (unpaired) electrons. The SMILES string of the molecule is CCc1nc2cc(Cl)ccn2c1C(=O)Nc1c(C)cccc1C. The van der Waals surface area contributed by atoms with Gasteiger partial charge >= 0.3 is 0 Å². The van der Waals surface area contributed by atoms with Crippen LogP contribution in [0.15, 0.2) is 36.5 Å². The molecule has 0 fully saturated rings. The summed E-state index contributed by atoms with van der Waals surface area (Å²) in [6.07, 6.45) is 2.46. The van der Waals surface area contributed by atoms with Crippen LogP contribution in [0.4, 0.5) is 5.69 Å². The molecule has 1 amide bonds. The van der Waals surface area contributed by atoms with Crippen molar-refractivity contribution in [1.29, 1.82) is 0 Å². The summed E-state index contributed by atoms with van der Waals surface area (Å²) in [5.74, 6) is -0.158. The molecular weight excluding hydrogens is 310 g/mol.